The summed E-state index contributed by atoms with van der Waals surface area (Å²) in [7, 11) is 0. The maximum absolute atomic E-state index is 11.9. The molecular weight excluding hydrogens is 270 g/mol. The van der Waals surface area contributed by atoms with E-state index in [2.05, 4.69) is 16.0 Å². The van der Waals surface area contributed by atoms with E-state index in [1.165, 1.54) is 13.8 Å². The van der Waals surface area contributed by atoms with Crippen molar-refractivity contribution in [3.05, 3.63) is 35.9 Å². The van der Waals surface area contributed by atoms with Crippen molar-refractivity contribution >= 4 is 17.7 Å². The molecule has 0 spiro atoms. The summed E-state index contributed by atoms with van der Waals surface area (Å²) in [6.45, 7) is 3.59. The third-order valence-electron chi connectivity index (χ3n) is 2.79. The Bertz CT molecular complexity index is 488. The van der Waals surface area contributed by atoms with E-state index in [0.717, 1.165) is 5.56 Å². The number of hydrogen-bond acceptors (Lipinski definition) is 3. The van der Waals surface area contributed by atoms with Gasteiger partial charge in [0, 0.05) is 26.9 Å². The van der Waals surface area contributed by atoms with Gasteiger partial charge >= 0.3 is 0 Å². The van der Waals surface area contributed by atoms with E-state index in [9.17, 15) is 14.4 Å². The summed E-state index contributed by atoms with van der Waals surface area (Å²) in [5.41, 5.74) is 0.879. The van der Waals surface area contributed by atoms with Crippen LogP contribution >= 0.6 is 0 Å². The second-order valence-corrected chi connectivity index (χ2v) is 4.70. The number of benzene rings is 1. The molecule has 0 saturated carbocycles. The largest absolute Gasteiger partial charge is 0.355 e. The molecule has 1 unspecified atom stereocenters. The Hall–Kier alpha value is -2.37. The second kappa shape index (κ2) is 8.73. The predicted molar refractivity (Wildman–Crippen MR) is 79.3 cm³/mol. The van der Waals surface area contributed by atoms with Crippen LogP contribution in [0.3, 0.4) is 0 Å². The average molecular weight is 291 g/mol. The van der Waals surface area contributed by atoms with Gasteiger partial charge in [-0.2, -0.15) is 0 Å². The molecule has 0 aliphatic rings. The predicted octanol–water partition coefficient (Wildman–Crippen LogP) is 0.506. The molecule has 114 valence electrons. The van der Waals surface area contributed by atoms with Crippen LogP contribution in [0.25, 0.3) is 0 Å². The molecule has 3 amide bonds. The van der Waals surface area contributed by atoms with Gasteiger partial charge < -0.3 is 16.0 Å². The molecule has 0 fully saturated rings. The van der Waals surface area contributed by atoms with Crippen LogP contribution in [0.4, 0.5) is 0 Å². The van der Waals surface area contributed by atoms with Crippen molar-refractivity contribution in [2.45, 2.75) is 26.3 Å². The lowest BCUT2D eigenvalue weighted by molar-refractivity contribution is -0.123. The van der Waals surface area contributed by atoms with Crippen LogP contribution < -0.4 is 16.0 Å². The van der Waals surface area contributed by atoms with Crippen molar-refractivity contribution in [1.82, 2.24) is 16.0 Å². The van der Waals surface area contributed by atoms with E-state index in [1.54, 1.807) is 0 Å². The van der Waals surface area contributed by atoms with Gasteiger partial charge in [0.1, 0.15) is 0 Å². The SMILES string of the molecule is CC(=O)NCCNC(=O)CC(NC(C)=O)c1ccccc1. The number of rotatable bonds is 7. The van der Waals surface area contributed by atoms with Crippen molar-refractivity contribution in [2.24, 2.45) is 0 Å². The summed E-state index contributed by atoms with van der Waals surface area (Å²) < 4.78 is 0. The first kappa shape index (κ1) is 16.7. The molecule has 0 bridgehead atoms. The molecule has 6 nitrogen and oxygen atoms in total. The Morgan fingerprint density at radius 1 is 0.952 bits per heavy atom. The second-order valence-electron chi connectivity index (χ2n) is 4.70. The molecule has 0 aliphatic carbocycles. The lowest BCUT2D eigenvalue weighted by Gasteiger charge is -2.18. The fourth-order valence-electron chi connectivity index (χ4n) is 1.88. The average Bonchev–Trinajstić information content (AvgIpc) is 2.43. The summed E-state index contributed by atoms with van der Waals surface area (Å²) in [5, 5.41) is 8.07. The normalized spacial score (nSPS) is 11.3. The van der Waals surface area contributed by atoms with Gasteiger partial charge in [-0.05, 0) is 5.56 Å². The van der Waals surface area contributed by atoms with Crippen LogP contribution in [0, 0.1) is 0 Å². The highest BCUT2D eigenvalue weighted by Crippen LogP contribution is 2.16. The molecule has 0 aromatic heterocycles. The van der Waals surface area contributed by atoms with Crippen molar-refractivity contribution in [1.29, 1.82) is 0 Å². The maximum atomic E-state index is 11.9. The Kier molecular flexibility index (Phi) is 6.94. The van der Waals surface area contributed by atoms with Gasteiger partial charge in [-0.15, -0.1) is 0 Å². The molecule has 0 aliphatic heterocycles. The molecule has 1 rings (SSSR count). The van der Waals surface area contributed by atoms with Crippen molar-refractivity contribution in [3.8, 4) is 0 Å². The van der Waals surface area contributed by atoms with Gasteiger partial charge in [-0.1, -0.05) is 30.3 Å². The molecule has 6 heteroatoms. The van der Waals surface area contributed by atoms with Crippen LogP contribution in [0.2, 0.25) is 0 Å². The van der Waals surface area contributed by atoms with Crippen LogP contribution in [0.5, 0.6) is 0 Å². The fourth-order valence-corrected chi connectivity index (χ4v) is 1.88. The van der Waals surface area contributed by atoms with E-state index >= 15 is 0 Å². The fraction of sp³-hybridized carbons (Fsp3) is 0.400. The summed E-state index contributed by atoms with van der Waals surface area (Å²) >= 11 is 0. The van der Waals surface area contributed by atoms with Crippen LogP contribution in [0.1, 0.15) is 31.9 Å². The zero-order valence-electron chi connectivity index (χ0n) is 12.3. The first-order valence-corrected chi connectivity index (χ1v) is 6.82. The standard InChI is InChI=1S/C15H21N3O3/c1-11(19)16-8-9-17-15(21)10-14(18-12(2)20)13-6-4-3-5-7-13/h3-7,14H,8-10H2,1-2H3,(H,16,19)(H,17,21)(H,18,20). The van der Waals surface area contributed by atoms with Crippen molar-refractivity contribution in [3.63, 3.8) is 0 Å². The van der Waals surface area contributed by atoms with E-state index < -0.39 is 0 Å². The van der Waals surface area contributed by atoms with Gasteiger partial charge in [-0.25, -0.2) is 0 Å². The highest BCUT2D eigenvalue weighted by Gasteiger charge is 2.16. The van der Waals surface area contributed by atoms with Gasteiger partial charge in [0.2, 0.25) is 17.7 Å². The topological polar surface area (TPSA) is 87.3 Å². The third kappa shape index (κ3) is 7.10. The van der Waals surface area contributed by atoms with Crippen molar-refractivity contribution in [2.75, 3.05) is 13.1 Å². The minimum atomic E-state index is -0.357. The summed E-state index contributed by atoms with van der Waals surface area (Å²) in [4.78, 5) is 33.8. The molecule has 0 radical (unpaired) electrons. The minimum absolute atomic E-state index is 0.135. The number of carbonyl (C=O) groups excluding carboxylic acids is 3. The Labute approximate surface area is 124 Å². The quantitative estimate of drug-likeness (QED) is 0.640. The maximum Gasteiger partial charge on any atom is 0.222 e. The molecule has 21 heavy (non-hydrogen) atoms. The number of carbonyl (C=O) groups is 3. The number of hydrogen-bond donors (Lipinski definition) is 3. The van der Waals surface area contributed by atoms with Gasteiger partial charge in [0.05, 0.1) is 12.5 Å². The van der Waals surface area contributed by atoms with Crippen LogP contribution in [-0.4, -0.2) is 30.8 Å². The van der Waals surface area contributed by atoms with Gasteiger partial charge in [0.25, 0.3) is 0 Å². The zero-order chi connectivity index (χ0) is 15.7. The summed E-state index contributed by atoms with van der Waals surface area (Å²) in [6, 6.07) is 8.97. The lowest BCUT2D eigenvalue weighted by atomic mass is 10.0. The van der Waals surface area contributed by atoms with Crippen LogP contribution in [-0.2, 0) is 14.4 Å². The molecule has 0 heterocycles. The Morgan fingerprint density at radius 2 is 1.57 bits per heavy atom. The van der Waals surface area contributed by atoms with E-state index in [-0.39, 0.29) is 30.2 Å². The molecule has 0 saturated heterocycles. The number of amides is 3. The minimum Gasteiger partial charge on any atom is -0.355 e. The van der Waals surface area contributed by atoms with Gasteiger partial charge in [-0.3, -0.25) is 14.4 Å². The van der Waals surface area contributed by atoms with E-state index in [0.29, 0.717) is 13.1 Å². The summed E-state index contributed by atoms with van der Waals surface area (Å²) in [5.74, 6) is -0.498. The monoisotopic (exact) mass is 291 g/mol. The first-order chi connectivity index (χ1) is 9.99. The highest BCUT2D eigenvalue weighted by atomic mass is 16.2. The smallest absolute Gasteiger partial charge is 0.222 e. The van der Waals surface area contributed by atoms with Crippen LogP contribution in [0.15, 0.2) is 30.3 Å². The molecule has 1 aromatic rings. The first-order valence-electron chi connectivity index (χ1n) is 6.82. The Balaban J connectivity index is 2.51. The third-order valence-corrected chi connectivity index (χ3v) is 2.79. The Morgan fingerprint density at radius 3 is 2.14 bits per heavy atom. The summed E-state index contributed by atoms with van der Waals surface area (Å²) in [6.07, 6.45) is 0.156. The molecule has 1 aromatic carbocycles. The molecule has 1 atom stereocenters. The highest BCUT2D eigenvalue weighted by molar-refractivity contribution is 5.79. The van der Waals surface area contributed by atoms with E-state index in [1.807, 2.05) is 30.3 Å². The van der Waals surface area contributed by atoms with E-state index in [4.69, 9.17) is 0 Å². The van der Waals surface area contributed by atoms with Gasteiger partial charge in [0.15, 0.2) is 0 Å². The van der Waals surface area contributed by atoms with Crippen molar-refractivity contribution < 1.29 is 14.4 Å². The lowest BCUT2D eigenvalue weighted by Crippen LogP contribution is -2.36. The molecule has 3 N–H and O–H groups in total. The zero-order valence-corrected chi connectivity index (χ0v) is 12.3. The molecular formula is C15H21N3O3. The number of nitrogens with one attached hydrogen (secondary N) is 3.